The van der Waals surface area contributed by atoms with Gasteiger partial charge >= 0.3 is 0 Å². The van der Waals surface area contributed by atoms with Crippen LogP contribution in [-0.4, -0.2) is 36.3 Å². The summed E-state index contributed by atoms with van der Waals surface area (Å²) in [7, 11) is -2.17. The Bertz CT molecular complexity index is 1360. The standard InChI is InChI=1S/C21H20N6O3S/c1-23-21(28)15-4-2-3-5-16(15)26-20-19-17(10-11-24-19)25-18(27-20)12-13-6-8-14(9-7-13)31(22,29)30/h2-11,24H,12H2,1H3,(H,23,28)(H2,22,29,30)(H,25,26,27). The molecule has 2 aromatic carbocycles. The number of nitrogens with two attached hydrogens (primary N) is 1. The van der Waals surface area contributed by atoms with E-state index in [1.54, 1.807) is 43.6 Å². The van der Waals surface area contributed by atoms with Gasteiger partial charge < -0.3 is 15.6 Å². The first-order valence-corrected chi connectivity index (χ1v) is 10.9. The zero-order valence-electron chi connectivity index (χ0n) is 16.6. The molecule has 1 amide bonds. The van der Waals surface area contributed by atoms with Crippen molar-refractivity contribution in [2.75, 3.05) is 12.4 Å². The maximum absolute atomic E-state index is 12.2. The molecular formula is C21H20N6O3S. The number of aromatic nitrogens is 3. The fraction of sp³-hybridized carbons (Fsp3) is 0.0952. The Morgan fingerprint density at radius 3 is 2.52 bits per heavy atom. The minimum Gasteiger partial charge on any atom is -0.357 e. The van der Waals surface area contributed by atoms with Crippen LogP contribution in [0.15, 0.2) is 65.7 Å². The molecule has 0 bridgehead atoms. The molecule has 158 valence electrons. The van der Waals surface area contributed by atoms with Crippen molar-refractivity contribution >= 4 is 38.5 Å². The van der Waals surface area contributed by atoms with Crippen molar-refractivity contribution in [2.24, 2.45) is 5.14 Å². The molecule has 0 radical (unpaired) electrons. The molecule has 2 heterocycles. The van der Waals surface area contributed by atoms with E-state index >= 15 is 0 Å². The summed E-state index contributed by atoms with van der Waals surface area (Å²) >= 11 is 0. The van der Waals surface area contributed by atoms with Crippen LogP contribution in [0, 0.1) is 0 Å². The van der Waals surface area contributed by atoms with Gasteiger partial charge in [0.15, 0.2) is 5.82 Å². The van der Waals surface area contributed by atoms with Gasteiger partial charge in [0, 0.05) is 19.7 Å². The highest BCUT2D eigenvalue weighted by Crippen LogP contribution is 2.25. The third-order valence-corrected chi connectivity index (χ3v) is 5.65. The summed E-state index contributed by atoms with van der Waals surface area (Å²) in [5, 5.41) is 11.0. The second-order valence-corrected chi connectivity index (χ2v) is 8.40. The fourth-order valence-corrected chi connectivity index (χ4v) is 3.71. The van der Waals surface area contributed by atoms with E-state index in [1.165, 1.54) is 12.1 Å². The van der Waals surface area contributed by atoms with Gasteiger partial charge in [0.2, 0.25) is 10.0 Å². The predicted octanol–water partition coefficient (Wildman–Crippen LogP) is 2.30. The summed E-state index contributed by atoms with van der Waals surface area (Å²) in [6.07, 6.45) is 2.15. The molecule has 0 aliphatic carbocycles. The van der Waals surface area contributed by atoms with Crippen molar-refractivity contribution < 1.29 is 13.2 Å². The average molecular weight is 436 g/mol. The van der Waals surface area contributed by atoms with Gasteiger partial charge in [-0.15, -0.1) is 0 Å². The summed E-state index contributed by atoms with van der Waals surface area (Å²) in [6, 6.07) is 15.2. The van der Waals surface area contributed by atoms with Crippen molar-refractivity contribution in [1.82, 2.24) is 20.3 Å². The third-order valence-electron chi connectivity index (χ3n) is 4.72. The number of nitrogens with zero attached hydrogens (tertiary/aromatic N) is 2. The van der Waals surface area contributed by atoms with Gasteiger partial charge in [0.25, 0.3) is 5.91 Å². The number of nitrogens with one attached hydrogen (secondary N) is 3. The minimum atomic E-state index is -3.75. The van der Waals surface area contributed by atoms with Gasteiger partial charge in [0.05, 0.1) is 21.7 Å². The Labute approximate surface area is 178 Å². The van der Waals surface area contributed by atoms with Crippen LogP contribution in [0.4, 0.5) is 11.5 Å². The van der Waals surface area contributed by atoms with E-state index in [4.69, 9.17) is 5.14 Å². The monoisotopic (exact) mass is 436 g/mol. The molecule has 10 heteroatoms. The van der Waals surface area contributed by atoms with E-state index in [-0.39, 0.29) is 10.8 Å². The number of rotatable bonds is 6. The van der Waals surface area contributed by atoms with Crippen molar-refractivity contribution in [1.29, 1.82) is 0 Å². The normalized spacial score (nSPS) is 11.4. The molecule has 5 N–H and O–H groups in total. The van der Waals surface area contributed by atoms with E-state index in [0.29, 0.717) is 40.3 Å². The largest absolute Gasteiger partial charge is 0.357 e. The molecule has 0 unspecified atom stereocenters. The second kappa shape index (κ2) is 8.17. The lowest BCUT2D eigenvalue weighted by Crippen LogP contribution is -2.19. The maximum atomic E-state index is 12.2. The van der Waals surface area contributed by atoms with E-state index in [2.05, 4.69) is 25.6 Å². The molecule has 0 fully saturated rings. The molecule has 2 aromatic heterocycles. The molecule has 0 saturated heterocycles. The minimum absolute atomic E-state index is 0.0476. The van der Waals surface area contributed by atoms with Crippen LogP contribution in [0.1, 0.15) is 21.7 Å². The molecule has 0 spiro atoms. The van der Waals surface area contributed by atoms with E-state index < -0.39 is 10.0 Å². The maximum Gasteiger partial charge on any atom is 0.253 e. The van der Waals surface area contributed by atoms with E-state index in [0.717, 1.165) is 5.56 Å². The van der Waals surface area contributed by atoms with Gasteiger partial charge in [-0.2, -0.15) is 0 Å². The fourth-order valence-electron chi connectivity index (χ4n) is 3.19. The lowest BCUT2D eigenvalue weighted by Gasteiger charge is -2.12. The van der Waals surface area contributed by atoms with Crippen molar-refractivity contribution in [3.8, 4) is 0 Å². The van der Waals surface area contributed by atoms with Crippen molar-refractivity contribution in [3.05, 3.63) is 77.7 Å². The number of primary sulfonamides is 1. The number of para-hydroxylation sites is 1. The summed E-state index contributed by atoms with van der Waals surface area (Å²) in [6.45, 7) is 0. The van der Waals surface area contributed by atoms with Crippen LogP contribution in [-0.2, 0) is 16.4 Å². The molecule has 0 atom stereocenters. The first-order valence-electron chi connectivity index (χ1n) is 9.39. The Hall–Kier alpha value is -3.76. The van der Waals surface area contributed by atoms with Gasteiger partial charge in [-0.05, 0) is 35.9 Å². The third kappa shape index (κ3) is 4.39. The topological polar surface area (TPSA) is 143 Å². The van der Waals surface area contributed by atoms with Gasteiger partial charge in [-0.1, -0.05) is 24.3 Å². The molecular weight excluding hydrogens is 416 g/mol. The molecule has 0 saturated carbocycles. The van der Waals surface area contributed by atoms with Gasteiger partial charge in [-0.3, -0.25) is 4.79 Å². The van der Waals surface area contributed by atoms with Gasteiger partial charge in [-0.25, -0.2) is 23.5 Å². The molecule has 9 nitrogen and oxygen atoms in total. The number of aromatic amines is 1. The van der Waals surface area contributed by atoms with Crippen LogP contribution in [0.5, 0.6) is 0 Å². The summed E-state index contributed by atoms with van der Waals surface area (Å²) < 4.78 is 22.9. The highest BCUT2D eigenvalue weighted by Gasteiger charge is 2.14. The second-order valence-electron chi connectivity index (χ2n) is 6.84. The quantitative estimate of drug-likeness (QED) is 0.365. The number of H-pyrrole nitrogens is 1. The Morgan fingerprint density at radius 2 is 1.81 bits per heavy atom. The molecule has 4 rings (SSSR count). The number of sulfonamides is 1. The van der Waals surface area contributed by atoms with Crippen LogP contribution in [0.3, 0.4) is 0 Å². The predicted molar refractivity (Wildman–Crippen MR) is 118 cm³/mol. The van der Waals surface area contributed by atoms with E-state index in [9.17, 15) is 13.2 Å². The van der Waals surface area contributed by atoms with Crippen LogP contribution < -0.4 is 15.8 Å². The summed E-state index contributed by atoms with van der Waals surface area (Å²) in [5.41, 5.74) is 3.36. The number of carbonyl (C=O) groups is 1. The van der Waals surface area contributed by atoms with Crippen LogP contribution in [0.25, 0.3) is 11.0 Å². The molecule has 31 heavy (non-hydrogen) atoms. The Balaban J connectivity index is 1.69. The lowest BCUT2D eigenvalue weighted by atomic mass is 10.1. The SMILES string of the molecule is CNC(=O)c1ccccc1Nc1nc(Cc2ccc(S(N)(=O)=O)cc2)nc2cc[nH]c12. The zero-order valence-corrected chi connectivity index (χ0v) is 17.4. The number of hydrogen-bond donors (Lipinski definition) is 4. The lowest BCUT2D eigenvalue weighted by molar-refractivity contribution is 0.0964. The molecule has 0 aliphatic rings. The molecule has 4 aromatic rings. The number of benzene rings is 2. The first-order chi connectivity index (χ1) is 14.8. The van der Waals surface area contributed by atoms with Crippen molar-refractivity contribution in [2.45, 2.75) is 11.3 Å². The molecule has 0 aliphatic heterocycles. The number of fused-ring (bicyclic) bond motifs is 1. The first kappa shape index (κ1) is 20.5. The number of hydrogen-bond acceptors (Lipinski definition) is 6. The number of carbonyl (C=O) groups excluding carboxylic acids is 1. The number of anilines is 2. The Morgan fingerprint density at radius 1 is 1.06 bits per heavy atom. The Kier molecular flexibility index (Phi) is 5.40. The van der Waals surface area contributed by atoms with Crippen molar-refractivity contribution in [3.63, 3.8) is 0 Å². The van der Waals surface area contributed by atoms with Crippen LogP contribution in [0.2, 0.25) is 0 Å². The average Bonchev–Trinajstić information content (AvgIpc) is 3.22. The number of amides is 1. The van der Waals surface area contributed by atoms with Gasteiger partial charge in [0.1, 0.15) is 11.3 Å². The summed E-state index contributed by atoms with van der Waals surface area (Å²) in [5.74, 6) is 0.855. The van der Waals surface area contributed by atoms with E-state index in [1.807, 2.05) is 12.1 Å². The zero-order chi connectivity index (χ0) is 22.0. The highest BCUT2D eigenvalue weighted by atomic mass is 32.2. The highest BCUT2D eigenvalue weighted by molar-refractivity contribution is 7.89. The van der Waals surface area contributed by atoms with Crippen LogP contribution >= 0.6 is 0 Å². The summed E-state index contributed by atoms with van der Waals surface area (Å²) in [4.78, 5) is 24.6. The smallest absolute Gasteiger partial charge is 0.253 e.